The van der Waals surface area contributed by atoms with Crippen LogP contribution in [0.3, 0.4) is 0 Å². The quantitative estimate of drug-likeness (QED) is 0.684. The van der Waals surface area contributed by atoms with Gasteiger partial charge in [-0.25, -0.2) is 0 Å². The van der Waals surface area contributed by atoms with Crippen LogP contribution in [0.4, 0.5) is 0 Å². The van der Waals surface area contributed by atoms with Crippen molar-refractivity contribution in [2.75, 3.05) is 0 Å². The summed E-state index contributed by atoms with van der Waals surface area (Å²) in [6.45, 7) is 0. The lowest BCUT2D eigenvalue weighted by molar-refractivity contribution is 0.103. The lowest BCUT2D eigenvalue weighted by atomic mass is 10.0. The van der Waals surface area contributed by atoms with Gasteiger partial charge in [-0.2, -0.15) is 8.42 Å². The van der Waals surface area contributed by atoms with Crippen LogP contribution in [-0.2, 0) is 10.4 Å². The number of benzene rings is 2. The number of para-hydroxylation sites is 1. The number of hydrogen-bond acceptors (Lipinski definition) is 4. The van der Waals surface area contributed by atoms with E-state index in [1.807, 2.05) is 0 Å². The third kappa shape index (κ3) is 3.40. The molecule has 6 heteroatoms. The van der Waals surface area contributed by atoms with Gasteiger partial charge in [0.15, 0.2) is 11.5 Å². The summed E-state index contributed by atoms with van der Waals surface area (Å²) in [7, 11) is -4.67. The van der Waals surface area contributed by atoms with Crippen molar-refractivity contribution in [1.29, 1.82) is 0 Å². The topological polar surface area (TPSA) is 80.7 Å². The molecule has 0 amide bonds. The fraction of sp³-hybridized carbons (Fsp3) is 0. The van der Waals surface area contributed by atoms with Crippen molar-refractivity contribution in [3.63, 3.8) is 0 Å². The number of carbonyl (C=O) groups excluding carboxylic acids is 1. The average Bonchev–Trinajstić information content (AvgIpc) is 2.38. The predicted molar refractivity (Wildman–Crippen MR) is 68.5 cm³/mol. The van der Waals surface area contributed by atoms with Gasteiger partial charge in [-0.15, -0.1) is 0 Å². The van der Waals surface area contributed by atoms with E-state index < -0.39 is 10.4 Å². The van der Waals surface area contributed by atoms with Crippen molar-refractivity contribution in [3.8, 4) is 5.75 Å². The molecular weight excluding hydrogens is 268 g/mol. The average molecular weight is 278 g/mol. The predicted octanol–water partition coefficient (Wildman–Crippen LogP) is 2.10. The molecule has 19 heavy (non-hydrogen) atoms. The summed E-state index contributed by atoms with van der Waals surface area (Å²) in [5.41, 5.74) is 0.459. The molecule has 0 bridgehead atoms. The highest BCUT2D eigenvalue weighted by molar-refractivity contribution is 7.81. The van der Waals surface area contributed by atoms with E-state index in [2.05, 4.69) is 4.18 Å². The third-order valence-electron chi connectivity index (χ3n) is 2.36. The van der Waals surface area contributed by atoms with Crippen molar-refractivity contribution < 1.29 is 21.9 Å². The molecule has 2 rings (SSSR count). The second-order valence-electron chi connectivity index (χ2n) is 3.70. The normalized spacial score (nSPS) is 11.0. The van der Waals surface area contributed by atoms with Crippen molar-refractivity contribution in [2.45, 2.75) is 0 Å². The van der Waals surface area contributed by atoms with Crippen LogP contribution in [0.5, 0.6) is 5.75 Å². The van der Waals surface area contributed by atoms with Gasteiger partial charge < -0.3 is 4.18 Å². The van der Waals surface area contributed by atoms with E-state index in [0.717, 1.165) is 0 Å². The molecule has 5 nitrogen and oxygen atoms in total. The fourth-order valence-corrected chi connectivity index (χ4v) is 1.96. The van der Waals surface area contributed by atoms with Crippen LogP contribution < -0.4 is 4.18 Å². The maximum Gasteiger partial charge on any atom is 0.446 e. The number of hydrogen-bond donors (Lipinski definition) is 1. The van der Waals surface area contributed by atoms with Crippen LogP contribution in [0.15, 0.2) is 54.6 Å². The first-order valence-corrected chi connectivity index (χ1v) is 6.69. The molecular formula is C13H10O5S. The summed E-state index contributed by atoms with van der Waals surface area (Å²) < 4.78 is 34.5. The van der Waals surface area contributed by atoms with Crippen LogP contribution in [-0.4, -0.2) is 18.8 Å². The molecule has 1 N–H and O–H groups in total. The third-order valence-corrected chi connectivity index (χ3v) is 2.75. The lowest BCUT2D eigenvalue weighted by Crippen LogP contribution is -2.11. The van der Waals surface area contributed by atoms with Crippen LogP contribution in [0, 0.1) is 0 Å². The van der Waals surface area contributed by atoms with Gasteiger partial charge in [-0.1, -0.05) is 42.5 Å². The van der Waals surface area contributed by atoms with Crippen LogP contribution in [0.2, 0.25) is 0 Å². The Hall–Kier alpha value is -2.18. The zero-order valence-electron chi connectivity index (χ0n) is 9.68. The molecule has 0 spiro atoms. The van der Waals surface area contributed by atoms with Gasteiger partial charge >= 0.3 is 10.4 Å². The van der Waals surface area contributed by atoms with Gasteiger partial charge in [0.25, 0.3) is 0 Å². The first-order valence-electron chi connectivity index (χ1n) is 5.33. The molecule has 0 unspecified atom stereocenters. The van der Waals surface area contributed by atoms with E-state index in [0.29, 0.717) is 5.56 Å². The summed E-state index contributed by atoms with van der Waals surface area (Å²) in [6, 6.07) is 14.2. The van der Waals surface area contributed by atoms with Gasteiger partial charge in [0.2, 0.25) is 0 Å². The molecule has 0 aromatic heterocycles. The summed E-state index contributed by atoms with van der Waals surface area (Å²) >= 11 is 0. The van der Waals surface area contributed by atoms with E-state index in [9.17, 15) is 13.2 Å². The second-order valence-corrected chi connectivity index (χ2v) is 4.72. The summed E-state index contributed by atoms with van der Waals surface area (Å²) in [5.74, 6) is -0.598. The van der Waals surface area contributed by atoms with Crippen molar-refractivity contribution in [1.82, 2.24) is 0 Å². The Bertz CT molecular complexity index is 692. The monoisotopic (exact) mass is 278 g/mol. The first-order chi connectivity index (χ1) is 8.97. The van der Waals surface area contributed by atoms with Crippen molar-refractivity contribution in [2.24, 2.45) is 0 Å². The first kappa shape index (κ1) is 13.3. The van der Waals surface area contributed by atoms with E-state index in [4.69, 9.17) is 4.55 Å². The Morgan fingerprint density at radius 1 is 0.947 bits per heavy atom. The van der Waals surface area contributed by atoms with E-state index in [1.165, 1.54) is 18.2 Å². The molecule has 0 aliphatic rings. The molecule has 98 valence electrons. The minimum absolute atomic E-state index is 0.0614. The van der Waals surface area contributed by atoms with Gasteiger partial charge in [-0.05, 0) is 12.1 Å². The SMILES string of the molecule is O=C(c1ccccc1)c1ccccc1OS(=O)(=O)O. The van der Waals surface area contributed by atoms with Crippen LogP contribution >= 0.6 is 0 Å². The van der Waals surface area contributed by atoms with E-state index in [1.54, 1.807) is 36.4 Å². The molecule has 0 atom stereocenters. The highest BCUT2D eigenvalue weighted by Crippen LogP contribution is 2.22. The standard InChI is InChI=1S/C13H10O5S/c14-13(10-6-2-1-3-7-10)11-8-4-5-9-12(11)18-19(15,16)17/h1-9H,(H,15,16,17). The number of carbonyl (C=O) groups is 1. The Morgan fingerprint density at radius 2 is 1.53 bits per heavy atom. The van der Waals surface area contributed by atoms with Crippen molar-refractivity contribution in [3.05, 3.63) is 65.7 Å². The summed E-state index contributed by atoms with van der Waals surface area (Å²) in [5, 5.41) is 0. The van der Waals surface area contributed by atoms with Gasteiger partial charge in [0, 0.05) is 5.56 Å². The largest absolute Gasteiger partial charge is 0.446 e. The summed E-state index contributed by atoms with van der Waals surface area (Å²) in [6.07, 6.45) is 0. The summed E-state index contributed by atoms with van der Waals surface area (Å²) in [4.78, 5) is 12.2. The minimum Gasteiger partial charge on any atom is -0.361 e. The highest BCUT2D eigenvalue weighted by atomic mass is 32.3. The molecule has 0 saturated carbocycles. The Kier molecular flexibility index (Phi) is 3.64. The minimum atomic E-state index is -4.67. The van der Waals surface area contributed by atoms with Gasteiger partial charge in [-0.3, -0.25) is 9.35 Å². The molecule has 0 heterocycles. The highest BCUT2D eigenvalue weighted by Gasteiger charge is 2.17. The molecule has 0 aliphatic heterocycles. The molecule has 0 radical (unpaired) electrons. The Balaban J connectivity index is 2.43. The maximum absolute atomic E-state index is 12.2. The number of rotatable bonds is 4. The van der Waals surface area contributed by atoms with Gasteiger partial charge in [0.05, 0.1) is 5.56 Å². The van der Waals surface area contributed by atoms with Gasteiger partial charge in [0.1, 0.15) is 0 Å². The lowest BCUT2D eigenvalue weighted by Gasteiger charge is -2.07. The number of ketones is 1. The smallest absolute Gasteiger partial charge is 0.361 e. The van der Waals surface area contributed by atoms with Crippen LogP contribution in [0.25, 0.3) is 0 Å². The Morgan fingerprint density at radius 3 is 2.16 bits per heavy atom. The Labute approximate surface area is 110 Å². The fourth-order valence-electron chi connectivity index (χ4n) is 1.59. The molecule has 0 saturated heterocycles. The van der Waals surface area contributed by atoms with Crippen molar-refractivity contribution >= 4 is 16.2 Å². The zero-order valence-corrected chi connectivity index (χ0v) is 10.5. The molecule has 2 aromatic carbocycles. The molecule has 0 fully saturated rings. The maximum atomic E-state index is 12.2. The zero-order chi connectivity index (χ0) is 13.9. The van der Waals surface area contributed by atoms with E-state index >= 15 is 0 Å². The van der Waals surface area contributed by atoms with E-state index in [-0.39, 0.29) is 17.1 Å². The second kappa shape index (κ2) is 5.21. The molecule has 2 aromatic rings. The molecule has 0 aliphatic carbocycles. The van der Waals surface area contributed by atoms with Crippen LogP contribution in [0.1, 0.15) is 15.9 Å².